The molecule has 1 rings (SSSR count). The van der Waals surface area contributed by atoms with Gasteiger partial charge in [0.1, 0.15) is 0 Å². The fraction of sp³-hybridized carbons (Fsp3) is 0.357. The summed E-state index contributed by atoms with van der Waals surface area (Å²) in [4.78, 5) is 11.1. The third-order valence-corrected chi connectivity index (χ3v) is 2.25. The van der Waals surface area contributed by atoms with E-state index in [-0.39, 0.29) is 0 Å². The van der Waals surface area contributed by atoms with Crippen LogP contribution >= 0.6 is 0 Å². The van der Waals surface area contributed by atoms with Crippen molar-refractivity contribution in [1.29, 1.82) is 0 Å². The van der Waals surface area contributed by atoms with Gasteiger partial charge in [-0.05, 0) is 30.7 Å². The number of carbonyl (C=O) groups excluding carboxylic acids is 1. The molecule has 0 spiro atoms. The molecule has 0 saturated heterocycles. The van der Waals surface area contributed by atoms with Crippen molar-refractivity contribution < 1.29 is 22.7 Å². The summed E-state index contributed by atoms with van der Waals surface area (Å²) in [6.45, 7) is 2.26. The van der Waals surface area contributed by atoms with Gasteiger partial charge in [-0.25, -0.2) is 4.79 Å². The normalized spacial score (nSPS) is 10.5. The molecule has 0 N–H and O–H groups in total. The van der Waals surface area contributed by atoms with E-state index in [0.717, 1.165) is 25.0 Å². The summed E-state index contributed by atoms with van der Waals surface area (Å²) in [5, 5.41) is 0. The van der Waals surface area contributed by atoms with Gasteiger partial charge in [0.05, 0.1) is 12.2 Å². The molecule has 0 amide bonds. The Morgan fingerprint density at radius 1 is 1.26 bits per heavy atom. The number of unbranched alkanes of at least 4 members (excludes halogenated alkanes) is 1. The van der Waals surface area contributed by atoms with E-state index in [4.69, 9.17) is 4.74 Å². The van der Waals surface area contributed by atoms with Gasteiger partial charge in [0.2, 0.25) is 0 Å². The Bertz CT molecular complexity index is 478. The number of esters is 1. The van der Waals surface area contributed by atoms with E-state index in [2.05, 4.69) is 11.8 Å². The van der Waals surface area contributed by atoms with Crippen molar-refractivity contribution in [3.63, 3.8) is 0 Å². The van der Waals surface area contributed by atoms with Crippen LogP contribution in [0.5, 0.6) is 0 Å². The first-order valence-electron chi connectivity index (χ1n) is 5.79. The van der Waals surface area contributed by atoms with E-state index in [0.29, 0.717) is 12.2 Å². The highest BCUT2D eigenvalue weighted by molar-refractivity contribution is 5.89. The van der Waals surface area contributed by atoms with E-state index < -0.39 is 17.7 Å². The second-order valence-corrected chi connectivity index (χ2v) is 3.81. The third kappa shape index (κ3) is 5.47. The lowest BCUT2D eigenvalue weighted by molar-refractivity contribution is -0.138. The Balaban J connectivity index is 2.61. The van der Waals surface area contributed by atoms with E-state index >= 15 is 0 Å². The van der Waals surface area contributed by atoms with Crippen LogP contribution in [0.15, 0.2) is 24.3 Å². The first kappa shape index (κ1) is 15.1. The molecule has 0 aliphatic heterocycles. The van der Waals surface area contributed by atoms with Gasteiger partial charge in [-0.2, -0.15) is 13.2 Å². The highest BCUT2D eigenvalue weighted by atomic mass is 19.4. The average molecular weight is 270 g/mol. The Hall–Kier alpha value is -1.96. The van der Waals surface area contributed by atoms with E-state index in [1.165, 1.54) is 12.1 Å². The van der Waals surface area contributed by atoms with E-state index in [9.17, 15) is 18.0 Å². The highest BCUT2D eigenvalue weighted by Gasteiger charge is 2.29. The molecule has 5 heteroatoms. The van der Waals surface area contributed by atoms with Gasteiger partial charge in [-0.3, -0.25) is 0 Å². The van der Waals surface area contributed by atoms with Crippen molar-refractivity contribution in [2.45, 2.75) is 25.9 Å². The molecule has 1 aromatic carbocycles. The van der Waals surface area contributed by atoms with Crippen LogP contribution < -0.4 is 0 Å². The maximum atomic E-state index is 12.3. The summed E-state index contributed by atoms with van der Waals surface area (Å²) in [6, 6.07) is 4.28. The van der Waals surface area contributed by atoms with Crippen molar-refractivity contribution in [2.24, 2.45) is 0 Å². The number of ether oxygens (including phenoxy) is 1. The molecular weight excluding hydrogens is 257 g/mol. The number of benzene rings is 1. The van der Waals surface area contributed by atoms with Crippen LogP contribution in [0.3, 0.4) is 0 Å². The highest BCUT2D eigenvalue weighted by Crippen LogP contribution is 2.28. The summed E-state index contributed by atoms with van der Waals surface area (Å²) in [5.74, 6) is 4.01. The molecule has 0 radical (unpaired) electrons. The van der Waals surface area contributed by atoms with Crippen LogP contribution in [0.1, 0.15) is 30.9 Å². The standard InChI is InChI=1S/C14H13F3O2/c1-2-3-10-19-13(18)9-6-11-4-7-12(8-5-11)14(15,16)17/h4-5,7-8H,2-3,10H2,1H3. The molecule has 2 nitrogen and oxygen atoms in total. The molecular formula is C14H13F3O2. The molecule has 19 heavy (non-hydrogen) atoms. The Labute approximate surface area is 109 Å². The summed E-state index contributed by atoms with van der Waals surface area (Å²) in [7, 11) is 0. The smallest absolute Gasteiger partial charge is 0.416 e. The SMILES string of the molecule is CCCCOC(=O)C#Cc1ccc(C(F)(F)F)cc1. The molecule has 1 aromatic rings. The number of halogens is 3. The molecule has 0 saturated carbocycles. The summed E-state index contributed by atoms with van der Waals surface area (Å²) >= 11 is 0. The summed E-state index contributed by atoms with van der Waals surface area (Å²) in [6.07, 6.45) is -2.71. The van der Waals surface area contributed by atoms with Crippen LogP contribution in [0, 0.1) is 11.8 Å². The van der Waals surface area contributed by atoms with Crippen molar-refractivity contribution in [3.8, 4) is 11.8 Å². The molecule has 0 aromatic heterocycles. The zero-order valence-electron chi connectivity index (χ0n) is 10.4. The number of rotatable bonds is 3. The van der Waals surface area contributed by atoms with Gasteiger partial charge < -0.3 is 4.74 Å². The number of hydrogen-bond donors (Lipinski definition) is 0. The van der Waals surface area contributed by atoms with E-state index in [1.807, 2.05) is 6.92 Å². The molecule has 0 fully saturated rings. The van der Waals surface area contributed by atoms with Crippen LogP contribution in [0.4, 0.5) is 13.2 Å². The van der Waals surface area contributed by atoms with Crippen molar-refractivity contribution in [1.82, 2.24) is 0 Å². The van der Waals surface area contributed by atoms with Gasteiger partial charge in [-0.1, -0.05) is 19.3 Å². The fourth-order valence-corrected chi connectivity index (χ4v) is 1.21. The second kappa shape index (κ2) is 6.83. The maximum Gasteiger partial charge on any atom is 0.416 e. The third-order valence-electron chi connectivity index (χ3n) is 2.25. The van der Waals surface area contributed by atoms with Crippen LogP contribution in [0.25, 0.3) is 0 Å². The molecule has 0 aliphatic carbocycles. The summed E-state index contributed by atoms with van der Waals surface area (Å²) < 4.78 is 41.7. The summed E-state index contributed by atoms with van der Waals surface area (Å²) in [5.41, 5.74) is -0.413. The number of carbonyl (C=O) groups is 1. The molecule has 0 atom stereocenters. The fourth-order valence-electron chi connectivity index (χ4n) is 1.21. The topological polar surface area (TPSA) is 26.3 Å². The molecule has 0 aliphatic rings. The van der Waals surface area contributed by atoms with Crippen LogP contribution in [-0.4, -0.2) is 12.6 Å². The molecule has 0 unspecified atom stereocenters. The second-order valence-electron chi connectivity index (χ2n) is 3.81. The largest absolute Gasteiger partial charge is 0.456 e. The average Bonchev–Trinajstić information content (AvgIpc) is 2.36. The molecule has 0 bridgehead atoms. The van der Waals surface area contributed by atoms with Gasteiger partial charge in [0.25, 0.3) is 0 Å². The van der Waals surface area contributed by atoms with Gasteiger partial charge in [0.15, 0.2) is 0 Å². The van der Waals surface area contributed by atoms with Crippen LogP contribution in [-0.2, 0) is 15.7 Å². The first-order chi connectivity index (χ1) is 8.93. The minimum absolute atomic E-state index is 0.303. The predicted octanol–water partition coefficient (Wildman–Crippen LogP) is 3.40. The Morgan fingerprint density at radius 3 is 2.42 bits per heavy atom. The molecule has 0 heterocycles. The zero-order chi connectivity index (χ0) is 14.3. The number of hydrogen-bond acceptors (Lipinski definition) is 2. The minimum Gasteiger partial charge on any atom is -0.456 e. The van der Waals surface area contributed by atoms with Crippen LogP contribution in [0.2, 0.25) is 0 Å². The predicted molar refractivity (Wildman–Crippen MR) is 64.2 cm³/mol. The van der Waals surface area contributed by atoms with E-state index in [1.54, 1.807) is 0 Å². The van der Waals surface area contributed by atoms with Gasteiger partial charge in [0, 0.05) is 11.5 Å². The quantitative estimate of drug-likeness (QED) is 0.478. The zero-order valence-corrected chi connectivity index (χ0v) is 10.4. The lowest BCUT2D eigenvalue weighted by atomic mass is 10.1. The Kier molecular flexibility index (Phi) is 5.43. The van der Waals surface area contributed by atoms with Crippen molar-refractivity contribution in [2.75, 3.05) is 6.61 Å². The van der Waals surface area contributed by atoms with Crippen molar-refractivity contribution >= 4 is 5.97 Å². The molecule has 102 valence electrons. The van der Waals surface area contributed by atoms with Crippen molar-refractivity contribution in [3.05, 3.63) is 35.4 Å². The Morgan fingerprint density at radius 2 is 1.89 bits per heavy atom. The lowest BCUT2D eigenvalue weighted by Crippen LogP contribution is -2.04. The monoisotopic (exact) mass is 270 g/mol. The lowest BCUT2D eigenvalue weighted by Gasteiger charge is -2.05. The minimum atomic E-state index is -4.37. The number of alkyl halides is 3. The maximum absolute atomic E-state index is 12.3. The van der Waals surface area contributed by atoms with Gasteiger partial charge in [-0.15, -0.1) is 0 Å². The first-order valence-corrected chi connectivity index (χ1v) is 5.79. The van der Waals surface area contributed by atoms with Gasteiger partial charge >= 0.3 is 12.1 Å².